The van der Waals surface area contributed by atoms with Gasteiger partial charge in [0.05, 0.1) is 7.11 Å². The number of amides is 1. The lowest BCUT2D eigenvalue weighted by Gasteiger charge is -2.07. The average Bonchev–Trinajstić information content (AvgIpc) is 2.71. The van der Waals surface area contributed by atoms with Gasteiger partial charge in [0.15, 0.2) is 11.5 Å². The summed E-state index contributed by atoms with van der Waals surface area (Å²) in [5, 5.41) is 14.6. The van der Waals surface area contributed by atoms with E-state index < -0.39 is 0 Å². The maximum absolute atomic E-state index is 12.2. The maximum atomic E-state index is 12.2. The number of hydrogen-bond acceptors (Lipinski definition) is 5. The van der Waals surface area contributed by atoms with E-state index in [1.165, 1.54) is 0 Å². The van der Waals surface area contributed by atoms with Gasteiger partial charge >= 0.3 is 0 Å². The van der Waals surface area contributed by atoms with Gasteiger partial charge in [0.2, 0.25) is 0 Å². The number of nitrogens with zero attached hydrogens (tertiary/aromatic N) is 2. The molecule has 0 atom stereocenters. The summed E-state index contributed by atoms with van der Waals surface area (Å²) in [6.07, 6.45) is 0.722. The molecule has 0 saturated carbocycles. The molecule has 7 heteroatoms. The van der Waals surface area contributed by atoms with E-state index in [1.807, 2.05) is 36.4 Å². The Morgan fingerprint density at radius 3 is 2.37 bits per heavy atom. The van der Waals surface area contributed by atoms with Crippen molar-refractivity contribution in [3.63, 3.8) is 0 Å². The summed E-state index contributed by atoms with van der Waals surface area (Å²) in [4.78, 5) is 12.2. The number of benzene rings is 2. The lowest BCUT2D eigenvalue weighted by atomic mass is 10.1. The molecule has 0 aliphatic rings. The lowest BCUT2D eigenvalue weighted by Crippen LogP contribution is -2.26. The zero-order valence-corrected chi connectivity index (χ0v) is 15.5. The summed E-state index contributed by atoms with van der Waals surface area (Å²) in [6.45, 7) is 0.512. The molecule has 0 saturated heterocycles. The molecular formula is C20H19ClN4O2. The molecule has 1 amide bonds. The van der Waals surface area contributed by atoms with Crippen molar-refractivity contribution in [3.05, 3.63) is 76.9 Å². The number of halogens is 1. The highest BCUT2D eigenvalue weighted by Crippen LogP contribution is 2.17. The van der Waals surface area contributed by atoms with Crippen molar-refractivity contribution in [2.75, 3.05) is 19.0 Å². The topological polar surface area (TPSA) is 76.1 Å². The van der Waals surface area contributed by atoms with Gasteiger partial charge in [-0.3, -0.25) is 4.79 Å². The third-order valence-corrected chi connectivity index (χ3v) is 4.12. The van der Waals surface area contributed by atoms with E-state index in [0.29, 0.717) is 17.4 Å². The first-order valence-corrected chi connectivity index (χ1v) is 8.79. The number of anilines is 2. The smallest absolute Gasteiger partial charge is 0.271 e. The molecule has 0 aliphatic heterocycles. The second kappa shape index (κ2) is 9.00. The molecule has 0 spiro atoms. The molecule has 0 fully saturated rings. The van der Waals surface area contributed by atoms with E-state index in [9.17, 15) is 4.79 Å². The van der Waals surface area contributed by atoms with Gasteiger partial charge in [0.25, 0.3) is 5.91 Å². The quantitative estimate of drug-likeness (QED) is 0.649. The fraction of sp³-hybridized carbons (Fsp3) is 0.150. The minimum atomic E-state index is -0.256. The van der Waals surface area contributed by atoms with Crippen LogP contribution in [0.15, 0.2) is 60.7 Å². The van der Waals surface area contributed by atoms with Crippen LogP contribution < -0.4 is 15.4 Å². The van der Waals surface area contributed by atoms with E-state index in [1.54, 1.807) is 31.4 Å². The maximum Gasteiger partial charge on any atom is 0.271 e. The van der Waals surface area contributed by atoms with Crippen LogP contribution in [-0.2, 0) is 6.42 Å². The monoisotopic (exact) mass is 382 g/mol. The number of methoxy groups -OCH3 is 1. The molecule has 27 heavy (non-hydrogen) atoms. The molecule has 3 rings (SSSR count). The minimum Gasteiger partial charge on any atom is -0.497 e. The van der Waals surface area contributed by atoms with Crippen molar-refractivity contribution in [2.45, 2.75) is 6.42 Å². The van der Waals surface area contributed by atoms with Gasteiger partial charge in [-0.25, -0.2) is 0 Å². The molecule has 1 heterocycles. The number of carbonyl (C=O) groups excluding carboxylic acids is 1. The Hall–Kier alpha value is -3.12. The SMILES string of the molecule is COc1ccc(CCNC(=O)c2ccc(Nc3ccc(Cl)cc3)nn2)cc1. The highest BCUT2D eigenvalue weighted by Gasteiger charge is 2.08. The normalized spacial score (nSPS) is 10.3. The lowest BCUT2D eigenvalue weighted by molar-refractivity contribution is 0.0948. The Bertz CT molecular complexity index is 881. The largest absolute Gasteiger partial charge is 0.497 e. The molecule has 0 bridgehead atoms. The highest BCUT2D eigenvalue weighted by molar-refractivity contribution is 6.30. The molecule has 0 radical (unpaired) electrons. The zero-order valence-electron chi connectivity index (χ0n) is 14.8. The Labute approximate surface area is 162 Å². The molecule has 0 aliphatic carbocycles. The van der Waals surface area contributed by atoms with Crippen molar-refractivity contribution in [3.8, 4) is 5.75 Å². The summed E-state index contributed by atoms with van der Waals surface area (Å²) in [5.74, 6) is 1.10. The first-order chi connectivity index (χ1) is 13.1. The van der Waals surface area contributed by atoms with Crippen LogP contribution in [0.1, 0.15) is 16.1 Å². The second-order valence-electron chi connectivity index (χ2n) is 5.79. The number of hydrogen-bond donors (Lipinski definition) is 2. The summed E-state index contributed by atoms with van der Waals surface area (Å²) in [6, 6.07) is 18.3. The van der Waals surface area contributed by atoms with Crippen LogP contribution in [0.3, 0.4) is 0 Å². The Morgan fingerprint density at radius 1 is 1.00 bits per heavy atom. The molecule has 2 aromatic carbocycles. The van der Waals surface area contributed by atoms with Crippen LogP contribution in [-0.4, -0.2) is 29.8 Å². The van der Waals surface area contributed by atoms with Crippen molar-refractivity contribution in [2.24, 2.45) is 0 Å². The molecule has 1 aromatic heterocycles. The van der Waals surface area contributed by atoms with Gasteiger partial charge in [-0.1, -0.05) is 23.7 Å². The van der Waals surface area contributed by atoms with Gasteiger partial charge in [-0.2, -0.15) is 0 Å². The number of nitrogens with one attached hydrogen (secondary N) is 2. The van der Waals surface area contributed by atoms with Gasteiger partial charge < -0.3 is 15.4 Å². The Morgan fingerprint density at radius 2 is 1.74 bits per heavy atom. The number of aromatic nitrogens is 2. The second-order valence-corrected chi connectivity index (χ2v) is 6.23. The van der Waals surface area contributed by atoms with Crippen molar-refractivity contribution in [1.82, 2.24) is 15.5 Å². The van der Waals surface area contributed by atoms with Crippen LogP contribution >= 0.6 is 11.6 Å². The molecule has 138 valence electrons. The van der Waals surface area contributed by atoms with Gasteiger partial charge in [0, 0.05) is 17.3 Å². The average molecular weight is 383 g/mol. The van der Waals surface area contributed by atoms with Crippen LogP contribution in [0.5, 0.6) is 5.75 Å². The van der Waals surface area contributed by atoms with Gasteiger partial charge in [-0.15, -0.1) is 10.2 Å². The van der Waals surface area contributed by atoms with Crippen LogP contribution in [0.4, 0.5) is 11.5 Å². The van der Waals surface area contributed by atoms with Gasteiger partial charge in [-0.05, 0) is 60.5 Å². The summed E-state index contributed by atoms with van der Waals surface area (Å²) in [7, 11) is 1.63. The van der Waals surface area contributed by atoms with E-state index in [-0.39, 0.29) is 11.6 Å². The van der Waals surface area contributed by atoms with Crippen molar-refractivity contribution >= 4 is 29.0 Å². The van der Waals surface area contributed by atoms with Crippen molar-refractivity contribution < 1.29 is 9.53 Å². The fourth-order valence-corrected chi connectivity index (χ4v) is 2.53. The number of rotatable bonds is 7. The highest BCUT2D eigenvalue weighted by atomic mass is 35.5. The minimum absolute atomic E-state index is 0.256. The first kappa shape index (κ1) is 18.7. The Kier molecular flexibility index (Phi) is 6.22. The molecule has 2 N–H and O–H groups in total. The van der Waals surface area contributed by atoms with E-state index in [0.717, 1.165) is 23.4 Å². The molecular weight excluding hydrogens is 364 g/mol. The summed E-state index contributed by atoms with van der Waals surface area (Å²) < 4.78 is 5.13. The molecule has 0 unspecified atom stereocenters. The van der Waals surface area contributed by atoms with E-state index >= 15 is 0 Å². The third-order valence-electron chi connectivity index (χ3n) is 3.87. The number of carbonyl (C=O) groups is 1. The van der Waals surface area contributed by atoms with Crippen LogP contribution in [0.2, 0.25) is 5.02 Å². The standard InChI is InChI=1S/C20H19ClN4O2/c1-27-17-8-2-14(3-9-17)12-13-22-20(26)18-10-11-19(25-24-18)23-16-6-4-15(21)5-7-16/h2-11H,12-13H2,1H3,(H,22,26)(H,23,25). The van der Waals surface area contributed by atoms with Gasteiger partial charge in [0.1, 0.15) is 5.75 Å². The van der Waals surface area contributed by atoms with E-state index in [4.69, 9.17) is 16.3 Å². The molecule has 3 aromatic rings. The van der Waals surface area contributed by atoms with E-state index in [2.05, 4.69) is 20.8 Å². The molecule has 6 nitrogen and oxygen atoms in total. The predicted octanol–water partition coefficient (Wildman–Crippen LogP) is 3.85. The zero-order chi connectivity index (χ0) is 19.1. The third kappa shape index (κ3) is 5.43. The summed E-state index contributed by atoms with van der Waals surface area (Å²) in [5.41, 5.74) is 2.22. The van der Waals surface area contributed by atoms with Crippen LogP contribution in [0, 0.1) is 0 Å². The predicted molar refractivity (Wildman–Crippen MR) is 106 cm³/mol. The first-order valence-electron chi connectivity index (χ1n) is 8.41. The Balaban J connectivity index is 1.50. The van der Waals surface area contributed by atoms with Crippen molar-refractivity contribution in [1.29, 1.82) is 0 Å². The van der Waals surface area contributed by atoms with Crippen LogP contribution in [0.25, 0.3) is 0 Å². The summed E-state index contributed by atoms with van der Waals surface area (Å²) >= 11 is 5.86. The number of ether oxygens (including phenoxy) is 1. The fourth-order valence-electron chi connectivity index (χ4n) is 2.40.